The first kappa shape index (κ1) is 12.1. The highest BCUT2D eigenvalue weighted by atomic mass is 35.5. The van der Waals surface area contributed by atoms with E-state index in [4.69, 9.17) is 23.1 Å². The Balaban J connectivity index is 2.88. The van der Waals surface area contributed by atoms with Crippen molar-refractivity contribution < 1.29 is 14.7 Å². The quantitative estimate of drug-likeness (QED) is 0.791. The number of carboxylic acid groups (broad SMARTS) is 1. The standard InChI is InChI=1S/C11H8ClNO3/c1-2-3-10(14)13-9-5-4-7(11(15)16)6-8(9)12/h1,4-6H,3H2,(H,13,14)(H,15,16). The van der Waals surface area contributed by atoms with Crippen LogP contribution in [0.25, 0.3) is 0 Å². The van der Waals surface area contributed by atoms with Gasteiger partial charge in [-0.15, -0.1) is 6.42 Å². The number of benzene rings is 1. The van der Waals surface area contributed by atoms with Gasteiger partial charge in [-0.3, -0.25) is 4.79 Å². The maximum absolute atomic E-state index is 11.2. The molecule has 0 fully saturated rings. The van der Waals surface area contributed by atoms with Crippen LogP contribution >= 0.6 is 11.6 Å². The number of anilines is 1. The first-order chi connectivity index (χ1) is 7.54. The average Bonchev–Trinajstić information content (AvgIpc) is 2.21. The molecule has 0 aromatic heterocycles. The summed E-state index contributed by atoms with van der Waals surface area (Å²) in [7, 11) is 0. The molecule has 0 heterocycles. The van der Waals surface area contributed by atoms with Crippen LogP contribution in [0.5, 0.6) is 0 Å². The Bertz CT molecular complexity index is 477. The molecular formula is C11H8ClNO3. The number of carboxylic acids is 1. The minimum Gasteiger partial charge on any atom is -0.478 e. The van der Waals surface area contributed by atoms with Gasteiger partial charge in [-0.25, -0.2) is 4.79 Å². The lowest BCUT2D eigenvalue weighted by molar-refractivity contribution is -0.115. The zero-order valence-corrected chi connectivity index (χ0v) is 8.91. The minimum absolute atomic E-state index is 0.0555. The second-order valence-corrected chi connectivity index (χ2v) is 3.34. The third kappa shape index (κ3) is 3.01. The van der Waals surface area contributed by atoms with Crippen molar-refractivity contribution in [2.24, 2.45) is 0 Å². The second kappa shape index (κ2) is 5.19. The van der Waals surface area contributed by atoms with Crippen LogP contribution in [0.1, 0.15) is 16.8 Å². The van der Waals surface area contributed by atoms with Gasteiger partial charge in [-0.2, -0.15) is 0 Å². The molecule has 2 N–H and O–H groups in total. The number of terminal acetylenes is 1. The highest BCUT2D eigenvalue weighted by molar-refractivity contribution is 6.34. The molecular weight excluding hydrogens is 230 g/mol. The summed E-state index contributed by atoms with van der Waals surface area (Å²) >= 11 is 5.79. The van der Waals surface area contributed by atoms with Gasteiger partial charge in [0.2, 0.25) is 5.91 Å². The molecule has 0 bridgehead atoms. The van der Waals surface area contributed by atoms with Gasteiger partial charge in [0.25, 0.3) is 0 Å². The van der Waals surface area contributed by atoms with E-state index in [0.717, 1.165) is 0 Å². The van der Waals surface area contributed by atoms with Crippen molar-refractivity contribution in [3.8, 4) is 12.3 Å². The number of rotatable bonds is 3. The highest BCUT2D eigenvalue weighted by Gasteiger charge is 2.08. The van der Waals surface area contributed by atoms with Crippen LogP contribution in [-0.2, 0) is 4.79 Å². The topological polar surface area (TPSA) is 66.4 Å². The minimum atomic E-state index is -1.08. The van der Waals surface area contributed by atoms with Crippen molar-refractivity contribution in [3.05, 3.63) is 28.8 Å². The number of hydrogen-bond acceptors (Lipinski definition) is 2. The van der Waals surface area contributed by atoms with E-state index in [1.165, 1.54) is 18.2 Å². The normalized spacial score (nSPS) is 9.25. The van der Waals surface area contributed by atoms with Gasteiger partial charge in [0.1, 0.15) is 0 Å². The number of carbonyl (C=O) groups is 2. The van der Waals surface area contributed by atoms with Crippen LogP contribution in [0.15, 0.2) is 18.2 Å². The number of hydrogen-bond donors (Lipinski definition) is 2. The van der Waals surface area contributed by atoms with Crippen LogP contribution in [0.4, 0.5) is 5.69 Å². The van der Waals surface area contributed by atoms with Crippen molar-refractivity contribution in [2.45, 2.75) is 6.42 Å². The molecule has 0 aliphatic rings. The van der Waals surface area contributed by atoms with Crippen LogP contribution in [0, 0.1) is 12.3 Å². The zero-order valence-electron chi connectivity index (χ0n) is 8.16. The molecule has 0 saturated heterocycles. The molecule has 1 rings (SSSR count). The van der Waals surface area contributed by atoms with Crippen molar-refractivity contribution in [2.75, 3.05) is 5.32 Å². The largest absolute Gasteiger partial charge is 0.478 e. The summed E-state index contributed by atoms with van der Waals surface area (Å²) in [5, 5.41) is 11.3. The first-order valence-electron chi connectivity index (χ1n) is 4.30. The lowest BCUT2D eigenvalue weighted by Crippen LogP contribution is -2.10. The Morgan fingerprint density at radius 3 is 2.69 bits per heavy atom. The number of halogens is 1. The average molecular weight is 238 g/mol. The fourth-order valence-electron chi connectivity index (χ4n) is 1.04. The predicted molar refractivity (Wildman–Crippen MR) is 60.5 cm³/mol. The Labute approximate surface area is 97.2 Å². The van der Waals surface area contributed by atoms with Gasteiger partial charge in [-0.1, -0.05) is 17.5 Å². The van der Waals surface area contributed by atoms with E-state index in [2.05, 4.69) is 11.2 Å². The van der Waals surface area contributed by atoms with E-state index in [9.17, 15) is 9.59 Å². The Morgan fingerprint density at radius 1 is 1.50 bits per heavy atom. The van der Waals surface area contributed by atoms with Crippen LogP contribution in [0.3, 0.4) is 0 Å². The molecule has 0 spiro atoms. The fraction of sp³-hybridized carbons (Fsp3) is 0.0909. The van der Waals surface area contributed by atoms with Crippen LogP contribution in [-0.4, -0.2) is 17.0 Å². The van der Waals surface area contributed by atoms with Crippen molar-refractivity contribution >= 4 is 29.2 Å². The van der Waals surface area contributed by atoms with Gasteiger partial charge < -0.3 is 10.4 Å². The molecule has 1 aromatic carbocycles. The maximum atomic E-state index is 11.2. The maximum Gasteiger partial charge on any atom is 0.335 e. The van der Waals surface area contributed by atoms with Gasteiger partial charge in [0, 0.05) is 0 Å². The van der Waals surface area contributed by atoms with Gasteiger partial charge in [-0.05, 0) is 18.2 Å². The van der Waals surface area contributed by atoms with Gasteiger partial charge in [0.15, 0.2) is 0 Å². The second-order valence-electron chi connectivity index (χ2n) is 2.93. The van der Waals surface area contributed by atoms with Gasteiger partial charge >= 0.3 is 5.97 Å². The zero-order chi connectivity index (χ0) is 12.1. The molecule has 1 aromatic rings. The summed E-state index contributed by atoms with van der Waals surface area (Å²) in [6.07, 6.45) is 4.90. The summed E-state index contributed by atoms with van der Waals surface area (Å²) in [6, 6.07) is 4.02. The van der Waals surface area contributed by atoms with E-state index < -0.39 is 5.97 Å². The number of aromatic carboxylic acids is 1. The molecule has 4 nitrogen and oxygen atoms in total. The summed E-state index contributed by atoms with van der Waals surface area (Å²) in [6.45, 7) is 0. The monoisotopic (exact) mass is 237 g/mol. The molecule has 16 heavy (non-hydrogen) atoms. The molecule has 0 radical (unpaired) electrons. The van der Waals surface area contributed by atoms with Crippen LogP contribution < -0.4 is 5.32 Å². The SMILES string of the molecule is C#CCC(=O)Nc1ccc(C(=O)O)cc1Cl. The Kier molecular flexibility index (Phi) is 3.92. The Morgan fingerprint density at radius 2 is 2.19 bits per heavy atom. The predicted octanol–water partition coefficient (Wildman–Crippen LogP) is 2.00. The summed E-state index contributed by atoms with van der Waals surface area (Å²) in [4.78, 5) is 21.8. The van der Waals surface area contributed by atoms with Gasteiger partial charge in [0.05, 0.1) is 22.7 Å². The van der Waals surface area contributed by atoms with E-state index in [1.807, 2.05) is 0 Å². The van der Waals surface area contributed by atoms with Crippen molar-refractivity contribution in [3.63, 3.8) is 0 Å². The van der Waals surface area contributed by atoms with Crippen molar-refractivity contribution in [1.29, 1.82) is 0 Å². The third-order valence-corrected chi connectivity index (χ3v) is 2.07. The summed E-state index contributed by atoms with van der Waals surface area (Å²) < 4.78 is 0. The highest BCUT2D eigenvalue weighted by Crippen LogP contribution is 2.23. The molecule has 0 saturated carbocycles. The van der Waals surface area contributed by atoms with E-state index in [1.54, 1.807) is 0 Å². The number of amides is 1. The van der Waals surface area contributed by atoms with Crippen molar-refractivity contribution in [1.82, 2.24) is 0 Å². The molecule has 0 atom stereocenters. The van der Waals surface area contributed by atoms with E-state index in [0.29, 0.717) is 5.69 Å². The first-order valence-corrected chi connectivity index (χ1v) is 4.68. The molecule has 0 unspecified atom stereocenters. The summed E-state index contributed by atoms with van der Waals surface area (Å²) in [5.41, 5.74) is 0.395. The van der Waals surface area contributed by atoms with E-state index in [-0.39, 0.29) is 22.9 Å². The smallest absolute Gasteiger partial charge is 0.335 e. The summed E-state index contributed by atoms with van der Waals surface area (Å²) in [5.74, 6) is 0.739. The molecule has 82 valence electrons. The number of carbonyl (C=O) groups excluding carboxylic acids is 1. The molecule has 5 heteroatoms. The molecule has 1 amide bonds. The molecule has 0 aliphatic carbocycles. The fourth-order valence-corrected chi connectivity index (χ4v) is 1.26. The lowest BCUT2D eigenvalue weighted by atomic mass is 10.2. The lowest BCUT2D eigenvalue weighted by Gasteiger charge is -2.06. The third-order valence-electron chi connectivity index (χ3n) is 1.75. The number of nitrogens with one attached hydrogen (secondary N) is 1. The van der Waals surface area contributed by atoms with Crippen LogP contribution in [0.2, 0.25) is 5.02 Å². The Hall–Kier alpha value is -1.99. The van der Waals surface area contributed by atoms with E-state index >= 15 is 0 Å². The molecule has 0 aliphatic heterocycles.